The highest BCUT2D eigenvalue weighted by Gasteiger charge is 2.75. The van der Waals surface area contributed by atoms with E-state index in [0.29, 0.717) is 12.8 Å². The number of ether oxygens (including phenoxy) is 5. The zero-order valence-electron chi connectivity index (χ0n) is 20.9. The summed E-state index contributed by atoms with van der Waals surface area (Å²) in [6, 6.07) is 0. The van der Waals surface area contributed by atoms with E-state index >= 15 is 0 Å². The lowest BCUT2D eigenvalue weighted by atomic mass is 9.63. The Balaban J connectivity index is 1.40. The van der Waals surface area contributed by atoms with Gasteiger partial charge in [0.25, 0.3) is 0 Å². The molecule has 0 amide bonds. The highest BCUT2D eigenvalue weighted by Crippen LogP contribution is 2.66. The molecule has 0 aromatic rings. The molecular weight excluding hydrogens is 480 g/mol. The van der Waals surface area contributed by atoms with Gasteiger partial charge in [-0.2, -0.15) is 0 Å². The molecule has 0 radical (unpaired) electrons. The lowest BCUT2D eigenvalue weighted by Gasteiger charge is -2.45. The number of aliphatic hydroxyl groups is 6. The molecule has 206 valence electrons. The molecule has 12 nitrogen and oxygen atoms in total. The summed E-state index contributed by atoms with van der Waals surface area (Å²) in [5.74, 6) is -0.0764. The number of hydrogen-bond acceptors (Lipinski definition) is 12. The van der Waals surface area contributed by atoms with Gasteiger partial charge in [0, 0.05) is 11.8 Å². The minimum absolute atomic E-state index is 0.0764. The van der Waals surface area contributed by atoms with Gasteiger partial charge in [-0.15, -0.1) is 0 Å². The van der Waals surface area contributed by atoms with Crippen molar-refractivity contribution in [3.8, 4) is 0 Å². The van der Waals surface area contributed by atoms with Gasteiger partial charge in [-0.05, 0) is 32.4 Å². The number of aliphatic hydroxyl groups excluding tert-OH is 5. The Morgan fingerprint density at radius 3 is 2.33 bits per heavy atom. The Morgan fingerprint density at radius 1 is 1.06 bits per heavy atom. The lowest BCUT2D eigenvalue weighted by molar-refractivity contribution is -0.322. The number of carbonyl (C=O) groups excluding carboxylic acids is 1. The smallest absolute Gasteiger partial charge is 0.186 e. The van der Waals surface area contributed by atoms with E-state index in [2.05, 4.69) is 0 Å². The zero-order chi connectivity index (χ0) is 26.7. The highest BCUT2D eigenvalue weighted by molar-refractivity contribution is 5.87. The number of carbonyl (C=O) groups is 1. The van der Waals surface area contributed by atoms with Crippen LogP contribution in [0.2, 0.25) is 0 Å². The maximum absolute atomic E-state index is 11.5. The standard InChI is InChI=1S/C24H38O12/c1-12(26)5-6-24-21(2,3)7-13(8-22(24,4)36-24)34-19-17(29)16(28)15(27)14(35-19)9-32-20-18(30)23(31,10-25)11-33-20/h5-6,13-20,25,27-31H,7-11H2,1-4H3/b6-5+/t13-,14+,15+,16-,17+,18-,19+,20+,22+,23+,24-/m0/s1. The molecule has 4 aliphatic rings. The minimum atomic E-state index is -1.87. The van der Waals surface area contributed by atoms with Crippen molar-refractivity contribution in [2.45, 2.75) is 107 Å². The van der Waals surface area contributed by atoms with E-state index in [1.54, 1.807) is 0 Å². The van der Waals surface area contributed by atoms with Gasteiger partial charge in [0.1, 0.15) is 47.3 Å². The van der Waals surface area contributed by atoms with Crippen LogP contribution in [-0.2, 0) is 28.5 Å². The second-order valence-electron chi connectivity index (χ2n) is 11.3. The Labute approximate surface area is 209 Å². The summed E-state index contributed by atoms with van der Waals surface area (Å²) in [5, 5.41) is 60.9. The van der Waals surface area contributed by atoms with Crippen LogP contribution < -0.4 is 0 Å². The van der Waals surface area contributed by atoms with Crippen molar-refractivity contribution in [1.29, 1.82) is 0 Å². The normalized spacial score (nSPS) is 50.3. The molecule has 12 heteroatoms. The molecule has 0 unspecified atom stereocenters. The third kappa shape index (κ3) is 4.67. The first kappa shape index (κ1) is 28.0. The van der Waals surface area contributed by atoms with Crippen molar-refractivity contribution >= 4 is 5.78 Å². The molecule has 4 rings (SSSR count). The monoisotopic (exact) mass is 518 g/mol. The van der Waals surface area contributed by atoms with Crippen LogP contribution in [0.5, 0.6) is 0 Å². The molecule has 4 fully saturated rings. The second-order valence-corrected chi connectivity index (χ2v) is 11.3. The molecule has 3 heterocycles. The summed E-state index contributed by atoms with van der Waals surface area (Å²) in [6.07, 6.45) is -6.05. The van der Waals surface area contributed by atoms with Crippen molar-refractivity contribution in [3.05, 3.63) is 12.2 Å². The Hall–Kier alpha value is -1.03. The van der Waals surface area contributed by atoms with E-state index < -0.39 is 78.0 Å². The number of hydrogen-bond donors (Lipinski definition) is 6. The summed E-state index contributed by atoms with van der Waals surface area (Å²) in [4.78, 5) is 11.5. The van der Waals surface area contributed by atoms with E-state index in [0.717, 1.165) is 0 Å². The molecule has 36 heavy (non-hydrogen) atoms. The molecule has 0 spiro atoms. The molecule has 0 aromatic heterocycles. The average Bonchev–Trinajstić information content (AvgIpc) is 3.34. The van der Waals surface area contributed by atoms with Gasteiger partial charge in [-0.3, -0.25) is 4.79 Å². The minimum Gasteiger partial charge on any atom is -0.393 e. The van der Waals surface area contributed by atoms with Gasteiger partial charge in [0.05, 0.1) is 25.9 Å². The van der Waals surface area contributed by atoms with Gasteiger partial charge in [0.2, 0.25) is 0 Å². The fourth-order valence-electron chi connectivity index (χ4n) is 5.85. The van der Waals surface area contributed by atoms with Gasteiger partial charge in [0.15, 0.2) is 18.4 Å². The maximum Gasteiger partial charge on any atom is 0.186 e. The third-order valence-corrected chi connectivity index (χ3v) is 8.04. The van der Waals surface area contributed by atoms with E-state index in [1.165, 1.54) is 13.0 Å². The first-order valence-corrected chi connectivity index (χ1v) is 12.2. The van der Waals surface area contributed by atoms with Crippen LogP contribution in [0.4, 0.5) is 0 Å². The molecule has 11 atom stereocenters. The Bertz CT molecular complexity index is 864. The molecular formula is C24H38O12. The van der Waals surface area contributed by atoms with Crippen LogP contribution in [0.25, 0.3) is 0 Å². The predicted octanol–water partition coefficient (Wildman–Crippen LogP) is -1.87. The number of allylic oxidation sites excluding steroid dienone is 1. The van der Waals surface area contributed by atoms with Gasteiger partial charge < -0.3 is 54.3 Å². The molecule has 1 saturated carbocycles. The van der Waals surface area contributed by atoms with Crippen molar-refractivity contribution in [2.75, 3.05) is 19.8 Å². The van der Waals surface area contributed by atoms with Crippen molar-refractivity contribution in [1.82, 2.24) is 0 Å². The fourth-order valence-corrected chi connectivity index (χ4v) is 5.85. The van der Waals surface area contributed by atoms with Crippen LogP contribution in [0.15, 0.2) is 12.2 Å². The van der Waals surface area contributed by atoms with E-state index in [1.807, 2.05) is 26.8 Å². The molecule has 6 N–H and O–H groups in total. The number of rotatable bonds is 8. The summed E-state index contributed by atoms with van der Waals surface area (Å²) in [5.41, 5.74) is -3.51. The molecule has 3 saturated heterocycles. The number of ketones is 1. The maximum atomic E-state index is 11.5. The summed E-state index contributed by atoms with van der Waals surface area (Å²) >= 11 is 0. The third-order valence-electron chi connectivity index (χ3n) is 8.04. The van der Waals surface area contributed by atoms with Crippen molar-refractivity contribution < 1.29 is 59.1 Å². The van der Waals surface area contributed by atoms with Crippen molar-refractivity contribution in [3.63, 3.8) is 0 Å². The van der Waals surface area contributed by atoms with Gasteiger partial charge in [-0.1, -0.05) is 13.8 Å². The first-order chi connectivity index (χ1) is 16.7. The van der Waals surface area contributed by atoms with E-state index in [-0.39, 0.29) is 19.0 Å². The Kier molecular flexibility index (Phi) is 7.48. The van der Waals surface area contributed by atoms with Crippen LogP contribution in [0, 0.1) is 5.41 Å². The topological polar surface area (TPSA) is 188 Å². The summed E-state index contributed by atoms with van der Waals surface area (Å²) in [6.45, 7) is 5.98. The quantitative estimate of drug-likeness (QED) is 0.155. The molecule has 0 bridgehead atoms. The van der Waals surface area contributed by atoms with Crippen LogP contribution in [0.1, 0.15) is 40.5 Å². The van der Waals surface area contributed by atoms with E-state index in [9.17, 15) is 35.4 Å². The zero-order valence-corrected chi connectivity index (χ0v) is 20.9. The number of fused-ring (bicyclic) bond motifs is 1. The second kappa shape index (κ2) is 9.62. The fraction of sp³-hybridized carbons (Fsp3) is 0.875. The van der Waals surface area contributed by atoms with Gasteiger partial charge >= 0.3 is 0 Å². The Morgan fingerprint density at radius 2 is 1.75 bits per heavy atom. The van der Waals surface area contributed by atoms with Crippen LogP contribution in [-0.4, -0.2) is 122 Å². The van der Waals surface area contributed by atoms with E-state index in [4.69, 9.17) is 23.7 Å². The van der Waals surface area contributed by atoms with Crippen LogP contribution >= 0.6 is 0 Å². The lowest BCUT2D eigenvalue weighted by Crippen LogP contribution is -2.60. The molecule has 0 aromatic carbocycles. The highest BCUT2D eigenvalue weighted by atomic mass is 16.7. The molecule has 1 aliphatic carbocycles. The SMILES string of the molecule is CC(=O)/C=C/[C@@]12O[C@]1(C)C[C@@H](O[C@@H]1O[C@H](CO[C@@H]3OC[C@](O)(CO)[C@H]3O)[C@@H](O)[C@H](O)[C@H]1O)CC2(C)C. The largest absolute Gasteiger partial charge is 0.393 e. The van der Waals surface area contributed by atoms with Crippen LogP contribution in [0.3, 0.4) is 0 Å². The summed E-state index contributed by atoms with van der Waals surface area (Å²) in [7, 11) is 0. The predicted molar refractivity (Wildman–Crippen MR) is 120 cm³/mol. The summed E-state index contributed by atoms with van der Waals surface area (Å²) < 4.78 is 28.6. The molecule has 3 aliphatic heterocycles. The van der Waals surface area contributed by atoms with Gasteiger partial charge in [-0.25, -0.2) is 0 Å². The first-order valence-electron chi connectivity index (χ1n) is 12.2. The number of epoxide rings is 1. The average molecular weight is 519 g/mol. The van der Waals surface area contributed by atoms with Crippen molar-refractivity contribution in [2.24, 2.45) is 5.41 Å².